The number of aliphatic carboxylic acids is 1. The summed E-state index contributed by atoms with van der Waals surface area (Å²) in [4.78, 5) is 41.9. The Morgan fingerprint density at radius 1 is 0.963 bits per heavy atom. The van der Waals surface area contributed by atoms with Crippen molar-refractivity contribution in [1.29, 1.82) is 0 Å². The Morgan fingerprint density at radius 2 is 1.37 bits per heavy atom. The highest BCUT2D eigenvalue weighted by atomic mass is 16.5. The summed E-state index contributed by atoms with van der Waals surface area (Å²) in [6.07, 6.45) is 3.61. The molecule has 0 radical (unpaired) electrons. The summed E-state index contributed by atoms with van der Waals surface area (Å²) in [5.41, 5.74) is 5.86. The fraction of sp³-hybridized carbons (Fsp3) is 0.556. The van der Waals surface area contributed by atoms with E-state index in [-0.39, 0.29) is 35.8 Å². The van der Waals surface area contributed by atoms with Crippen LogP contribution in [0.25, 0.3) is 0 Å². The summed E-state index contributed by atoms with van der Waals surface area (Å²) < 4.78 is 8.52. The average Bonchev–Trinajstić information content (AvgIpc) is 3.46. The third-order valence-corrected chi connectivity index (χ3v) is 3.72. The molecule has 2 rings (SSSR count). The van der Waals surface area contributed by atoms with E-state index in [9.17, 15) is 19.2 Å². The third kappa shape index (κ3) is 9.00. The van der Waals surface area contributed by atoms with Gasteiger partial charge in [-0.1, -0.05) is 39.8 Å². The van der Waals surface area contributed by atoms with Gasteiger partial charge in [-0.3, -0.25) is 14.4 Å². The van der Waals surface area contributed by atoms with E-state index < -0.39 is 11.9 Å². The molecule has 0 unspecified atom stereocenters. The monoisotopic (exact) mass is 384 g/mol. The van der Waals surface area contributed by atoms with Crippen LogP contribution in [0.3, 0.4) is 0 Å². The van der Waals surface area contributed by atoms with E-state index in [0.29, 0.717) is 5.57 Å². The first-order valence-electron chi connectivity index (χ1n) is 8.14. The standard InChI is InChI=1S/C9H13NO3.C6H8O2.C3H7NO2/c1-9(2)4-6(9)8(12)10-5-7(11)13-3;1-6(2)3-4(6)5(7)8;1-6-3(5)2-4/h4H,5H2,1-3H3,(H,10,12);3H,1-2H3,(H,7,8);2,4H2,1H3. The number of carboxylic acid groups (broad SMARTS) is 1. The second-order valence-corrected chi connectivity index (χ2v) is 6.90. The Balaban J connectivity index is 0.000000413. The Bertz CT molecular complexity index is 655. The van der Waals surface area contributed by atoms with E-state index in [1.165, 1.54) is 14.2 Å². The second kappa shape index (κ2) is 9.86. The lowest BCUT2D eigenvalue weighted by atomic mass is 10.1. The van der Waals surface area contributed by atoms with Gasteiger partial charge in [-0.05, 0) is 0 Å². The van der Waals surface area contributed by atoms with E-state index >= 15 is 0 Å². The van der Waals surface area contributed by atoms with E-state index in [1.54, 1.807) is 6.08 Å². The Morgan fingerprint density at radius 3 is 1.56 bits per heavy atom. The maximum atomic E-state index is 11.3. The van der Waals surface area contributed by atoms with Gasteiger partial charge in [0.1, 0.15) is 6.54 Å². The van der Waals surface area contributed by atoms with Crippen molar-refractivity contribution in [2.45, 2.75) is 27.7 Å². The number of rotatable bonds is 5. The molecule has 0 aromatic rings. The molecule has 9 heteroatoms. The van der Waals surface area contributed by atoms with Crippen LogP contribution < -0.4 is 11.1 Å². The summed E-state index contributed by atoms with van der Waals surface area (Å²) >= 11 is 0. The summed E-state index contributed by atoms with van der Waals surface area (Å²) in [5.74, 6) is -1.78. The van der Waals surface area contributed by atoms with Gasteiger partial charge < -0.3 is 25.6 Å². The molecule has 2 aliphatic carbocycles. The lowest BCUT2D eigenvalue weighted by Gasteiger charge is -2.04. The first-order chi connectivity index (χ1) is 12.3. The van der Waals surface area contributed by atoms with Crippen LogP contribution in [0.15, 0.2) is 23.3 Å². The molecule has 4 N–H and O–H groups in total. The number of carbonyl (C=O) groups is 4. The molecule has 27 heavy (non-hydrogen) atoms. The van der Waals surface area contributed by atoms with Crippen LogP contribution in [-0.2, 0) is 28.7 Å². The van der Waals surface area contributed by atoms with E-state index in [2.05, 4.69) is 14.8 Å². The number of hydrogen-bond acceptors (Lipinski definition) is 7. The molecule has 1 amide bonds. The van der Waals surface area contributed by atoms with Crippen molar-refractivity contribution < 1.29 is 33.8 Å². The van der Waals surface area contributed by atoms with Crippen molar-refractivity contribution in [3.05, 3.63) is 23.3 Å². The Kier molecular flexibility index (Phi) is 8.88. The van der Waals surface area contributed by atoms with Crippen LogP contribution in [0.4, 0.5) is 0 Å². The molecular weight excluding hydrogens is 356 g/mol. The van der Waals surface area contributed by atoms with Gasteiger partial charge in [-0.2, -0.15) is 0 Å². The van der Waals surface area contributed by atoms with Crippen LogP contribution in [0.1, 0.15) is 27.7 Å². The number of nitrogens with two attached hydrogens (primary N) is 1. The van der Waals surface area contributed by atoms with E-state index in [4.69, 9.17) is 10.8 Å². The number of allylic oxidation sites excluding steroid dienone is 2. The molecule has 0 atom stereocenters. The number of ether oxygens (including phenoxy) is 2. The minimum Gasteiger partial charge on any atom is -0.478 e. The largest absolute Gasteiger partial charge is 0.478 e. The predicted octanol–water partition coefficient (Wildman–Crippen LogP) is 0.397. The molecule has 9 nitrogen and oxygen atoms in total. The highest BCUT2D eigenvalue weighted by Gasteiger charge is 2.39. The number of carboxylic acids is 1. The number of nitrogens with one attached hydrogen (secondary N) is 1. The number of amides is 1. The second-order valence-electron chi connectivity index (χ2n) is 6.90. The SMILES string of the molecule is CC1(C)C=C1C(=O)O.COC(=O)CN.COC(=O)CNC(=O)C1=CC1(C)C. The lowest BCUT2D eigenvalue weighted by molar-refractivity contribution is -0.141. The summed E-state index contributed by atoms with van der Waals surface area (Å²) in [6, 6.07) is 0. The number of hydrogen-bond donors (Lipinski definition) is 3. The topological polar surface area (TPSA) is 145 Å². The minimum atomic E-state index is -0.782. The van der Waals surface area contributed by atoms with Crippen LogP contribution in [0.2, 0.25) is 0 Å². The predicted molar refractivity (Wildman–Crippen MR) is 97.5 cm³/mol. The van der Waals surface area contributed by atoms with Gasteiger partial charge in [-0.15, -0.1) is 0 Å². The van der Waals surface area contributed by atoms with Gasteiger partial charge >= 0.3 is 17.9 Å². The van der Waals surface area contributed by atoms with Crippen molar-refractivity contribution in [2.75, 3.05) is 27.3 Å². The fourth-order valence-corrected chi connectivity index (χ4v) is 1.75. The van der Waals surface area contributed by atoms with Crippen molar-refractivity contribution >= 4 is 23.8 Å². The van der Waals surface area contributed by atoms with Gasteiger partial charge in [0.2, 0.25) is 5.91 Å². The third-order valence-electron chi connectivity index (χ3n) is 3.72. The number of carbonyl (C=O) groups excluding carboxylic acids is 3. The molecular formula is C18H28N2O7. The van der Waals surface area contributed by atoms with Crippen LogP contribution in [-0.4, -0.2) is 56.2 Å². The van der Waals surface area contributed by atoms with Gasteiger partial charge in [0.15, 0.2) is 0 Å². The van der Waals surface area contributed by atoms with Gasteiger partial charge in [0.25, 0.3) is 0 Å². The average molecular weight is 384 g/mol. The van der Waals surface area contributed by atoms with E-state index in [1.807, 2.05) is 33.8 Å². The smallest absolute Gasteiger partial charge is 0.332 e. The van der Waals surface area contributed by atoms with Crippen LogP contribution >= 0.6 is 0 Å². The van der Waals surface area contributed by atoms with Crippen molar-refractivity contribution in [3.63, 3.8) is 0 Å². The van der Waals surface area contributed by atoms with Crippen molar-refractivity contribution in [2.24, 2.45) is 16.6 Å². The normalized spacial score (nSPS) is 16.6. The molecule has 0 heterocycles. The molecule has 0 aromatic carbocycles. The molecule has 2 aliphatic rings. The van der Waals surface area contributed by atoms with Crippen LogP contribution in [0, 0.1) is 10.8 Å². The molecule has 0 bridgehead atoms. The maximum Gasteiger partial charge on any atom is 0.332 e. The zero-order valence-electron chi connectivity index (χ0n) is 16.5. The van der Waals surface area contributed by atoms with Gasteiger partial charge in [0, 0.05) is 22.0 Å². The molecule has 0 aliphatic heterocycles. The summed E-state index contributed by atoms with van der Waals surface area (Å²) in [7, 11) is 2.59. The number of methoxy groups -OCH3 is 2. The van der Waals surface area contributed by atoms with Gasteiger partial charge in [0.05, 0.1) is 20.8 Å². The van der Waals surface area contributed by atoms with Gasteiger partial charge in [-0.25, -0.2) is 4.79 Å². The first kappa shape index (κ1) is 24.3. The zero-order valence-corrected chi connectivity index (χ0v) is 16.5. The lowest BCUT2D eigenvalue weighted by Crippen LogP contribution is -2.30. The maximum absolute atomic E-state index is 11.3. The summed E-state index contributed by atoms with van der Waals surface area (Å²) in [6.45, 7) is 7.56. The molecule has 0 spiro atoms. The molecule has 0 aromatic heterocycles. The Hall–Kier alpha value is -2.68. The van der Waals surface area contributed by atoms with E-state index in [0.717, 1.165) is 5.57 Å². The fourth-order valence-electron chi connectivity index (χ4n) is 1.75. The van der Waals surface area contributed by atoms with Crippen molar-refractivity contribution in [1.82, 2.24) is 5.32 Å². The first-order valence-corrected chi connectivity index (χ1v) is 8.14. The van der Waals surface area contributed by atoms with Crippen molar-refractivity contribution in [3.8, 4) is 0 Å². The highest BCUT2D eigenvalue weighted by molar-refractivity contribution is 6.01. The number of esters is 2. The molecule has 0 saturated heterocycles. The molecule has 0 saturated carbocycles. The summed E-state index contributed by atoms with van der Waals surface area (Å²) in [5, 5.41) is 10.8. The quantitative estimate of drug-likeness (QED) is 0.577. The highest BCUT2D eigenvalue weighted by Crippen LogP contribution is 2.43. The minimum absolute atomic E-state index is 0.0312. The molecule has 0 fully saturated rings. The van der Waals surface area contributed by atoms with Crippen LogP contribution in [0.5, 0.6) is 0 Å². The zero-order chi connectivity index (χ0) is 21.4. The molecule has 152 valence electrons. The Labute approximate surface area is 158 Å².